The van der Waals surface area contributed by atoms with Gasteiger partial charge in [-0.2, -0.15) is 0 Å². The Morgan fingerprint density at radius 3 is 2.56 bits per heavy atom. The van der Waals surface area contributed by atoms with Crippen LogP contribution in [0.3, 0.4) is 0 Å². The number of aryl methyl sites for hydroxylation is 1. The molecule has 2 heteroatoms. The Balaban J connectivity index is 1.92. The summed E-state index contributed by atoms with van der Waals surface area (Å²) in [5, 5.41) is 0. The summed E-state index contributed by atoms with van der Waals surface area (Å²) in [6.45, 7) is 6.59. The number of nitrogens with zero attached hydrogens (tertiary/aromatic N) is 1. The average Bonchev–Trinajstić information content (AvgIpc) is 2.62. The van der Waals surface area contributed by atoms with Crippen LogP contribution in [0.2, 0.25) is 0 Å². The quantitative estimate of drug-likeness (QED) is 0.885. The molecule has 2 unspecified atom stereocenters. The Morgan fingerprint density at radius 1 is 1.33 bits per heavy atom. The normalized spacial score (nSPS) is 27.9. The molecule has 0 spiro atoms. The van der Waals surface area contributed by atoms with Gasteiger partial charge in [-0.15, -0.1) is 0 Å². The Kier molecular flexibility index (Phi) is 4.08. The molecule has 0 aromatic heterocycles. The van der Waals surface area contributed by atoms with E-state index in [0.29, 0.717) is 11.5 Å². The molecule has 1 fully saturated rings. The van der Waals surface area contributed by atoms with Crippen LogP contribution in [-0.2, 0) is 6.54 Å². The Morgan fingerprint density at radius 2 is 2.00 bits per heavy atom. The van der Waals surface area contributed by atoms with E-state index in [4.69, 9.17) is 5.73 Å². The molecule has 0 bridgehead atoms. The maximum absolute atomic E-state index is 6.25. The summed E-state index contributed by atoms with van der Waals surface area (Å²) in [6, 6.07) is 9.20. The van der Waals surface area contributed by atoms with Crippen LogP contribution < -0.4 is 5.73 Å². The molecule has 0 amide bonds. The lowest BCUT2D eigenvalue weighted by molar-refractivity contribution is 0.173. The van der Waals surface area contributed by atoms with Crippen molar-refractivity contribution < 1.29 is 0 Å². The molecule has 1 aliphatic carbocycles. The minimum absolute atomic E-state index is 0.305. The average molecular weight is 246 g/mol. The molecule has 0 saturated heterocycles. The van der Waals surface area contributed by atoms with Crippen molar-refractivity contribution in [3.63, 3.8) is 0 Å². The van der Waals surface area contributed by atoms with Crippen LogP contribution in [-0.4, -0.2) is 24.5 Å². The summed E-state index contributed by atoms with van der Waals surface area (Å²) in [6.07, 6.45) is 3.75. The first kappa shape index (κ1) is 13.6. The van der Waals surface area contributed by atoms with Gasteiger partial charge >= 0.3 is 0 Å². The molecule has 2 N–H and O–H groups in total. The molecule has 1 saturated carbocycles. The molecular weight excluding hydrogens is 220 g/mol. The molecule has 18 heavy (non-hydrogen) atoms. The fraction of sp³-hybridized carbons (Fsp3) is 0.625. The van der Waals surface area contributed by atoms with E-state index in [1.807, 2.05) is 0 Å². The van der Waals surface area contributed by atoms with Gasteiger partial charge in [0.25, 0.3) is 0 Å². The third-order valence-corrected chi connectivity index (χ3v) is 4.36. The summed E-state index contributed by atoms with van der Waals surface area (Å²) in [5.74, 6) is 0. The van der Waals surface area contributed by atoms with Crippen molar-refractivity contribution in [1.29, 1.82) is 0 Å². The van der Waals surface area contributed by atoms with Crippen LogP contribution >= 0.6 is 0 Å². The lowest BCUT2D eigenvalue weighted by atomic mass is 9.84. The van der Waals surface area contributed by atoms with Gasteiger partial charge in [0.2, 0.25) is 0 Å². The fourth-order valence-corrected chi connectivity index (χ4v) is 3.13. The monoisotopic (exact) mass is 246 g/mol. The van der Waals surface area contributed by atoms with E-state index in [0.717, 1.165) is 13.1 Å². The van der Waals surface area contributed by atoms with Crippen molar-refractivity contribution in [2.24, 2.45) is 11.1 Å². The van der Waals surface area contributed by atoms with Gasteiger partial charge in [-0.3, -0.25) is 0 Å². The maximum Gasteiger partial charge on any atom is 0.0230 e. The van der Waals surface area contributed by atoms with Gasteiger partial charge in [0.15, 0.2) is 0 Å². The smallest absolute Gasteiger partial charge is 0.0230 e. The molecule has 2 rings (SSSR count). The Bertz CT molecular complexity index is 385. The summed E-state index contributed by atoms with van der Waals surface area (Å²) >= 11 is 0. The Labute approximate surface area is 111 Å². The fourth-order valence-electron chi connectivity index (χ4n) is 3.13. The van der Waals surface area contributed by atoms with Gasteiger partial charge in [0.1, 0.15) is 0 Å². The van der Waals surface area contributed by atoms with E-state index >= 15 is 0 Å². The van der Waals surface area contributed by atoms with Crippen LogP contribution in [0.4, 0.5) is 0 Å². The summed E-state index contributed by atoms with van der Waals surface area (Å²) < 4.78 is 0. The van der Waals surface area contributed by atoms with Crippen LogP contribution in [0.25, 0.3) is 0 Å². The first-order valence-electron chi connectivity index (χ1n) is 6.99. The van der Waals surface area contributed by atoms with Crippen LogP contribution in [0.1, 0.15) is 37.3 Å². The lowest BCUT2D eigenvalue weighted by Gasteiger charge is -2.33. The lowest BCUT2D eigenvalue weighted by Crippen LogP contribution is -2.42. The third-order valence-electron chi connectivity index (χ3n) is 4.36. The number of benzene rings is 1. The molecule has 2 atom stereocenters. The third kappa shape index (κ3) is 3.12. The van der Waals surface area contributed by atoms with E-state index in [-0.39, 0.29) is 0 Å². The topological polar surface area (TPSA) is 29.3 Å². The van der Waals surface area contributed by atoms with Crippen molar-refractivity contribution in [3.8, 4) is 0 Å². The van der Waals surface area contributed by atoms with Gasteiger partial charge in [-0.1, -0.05) is 43.2 Å². The van der Waals surface area contributed by atoms with E-state index in [9.17, 15) is 0 Å². The first-order chi connectivity index (χ1) is 8.49. The minimum atomic E-state index is 0.305. The van der Waals surface area contributed by atoms with E-state index in [2.05, 4.69) is 50.1 Å². The molecule has 1 aromatic rings. The molecule has 0 aliphatic heterocycles. The highest BCUT2D eigenvalue weighted by Crippen LogP contribution is 2.37. The van der Waals surface area contributed by atoms with Crippen LogP contribution in [0.15, 0.2) is 24.3 Å². The van der Waals surface area contributed by atoms with E-state index in [1.54, 1.807) is 0 Å². The SMILES string of the molecule is Cc1ccc(CN(C)CC2(C)CCCC2N)cc1. The number of nitrogens with two attached hydrogens (primary N) is 1. The first-order valence-corrected chi connectivity index (χ1v) is 6.99. The largest absolute Gasteiger partial charge is 0.327 e. The minimum Gasteiger partial charge on any atom is -0.327 e. The second-order valence-corrected chi connectivity index (χ2v) is 6.31. The predicted octanol–water partition coefficient (Wildman–Crippen LogP) is 2.94. The van der Waals surface area contributed by atoms with Crippen molar-refractivity contribution in [1.82, 2.24) is 4.90 Å². The number of rotatable bonds is 4. The highest BCUT2D eigenvalue weighted by Gasteiger charge is 2.36. The number of hydrogen-bond acceptors (Lipinski definition) is 2. The van der Waals surface area contributed by atoms with E-state index in [1.165, 1.54) is 30.4 Å². The molecule has 0 radical (unpaired) electrons. The molecular formula is C16H26N2. The van der Waals surface area contributed by atoms with Crippen LogP contribution in [0.5, 0.6) is 0 Å². The maximum atomic E-state index is 6.25. The number of hydrogen-bond donors (Lipinski definition) is 1. The highest BCUT2D eigenvalue weighted by molar-refractivity contribution is 5.21. The molecule has 2 nitrogen and oxygen atoms in total. The van der Waals surface area contributed by atoms with Gasteiger partial charge in [-0.25, -0.2) is 0 Å². The van der Waals surface area contributed by atoms with Crippen LogP contribution in [0, 0.1) is 12.3 Å². The summed E-state index contributed by atoms with van der Waals surface area (Å²) in [5.41, 5.74) is 9.27. The molecule has 100 valence electrons. The van der Waals surface area contributed by atoms with Gasteiger partial charge in [0, 0.05) is 19.1 Å². The van der Waals surface area contributed by atoms with Gasteiger partial charge < -0.3 is 10.6 Å². The zero-order valence-electron chi connectivity index (χ0n) is 11.9. The zero-order chi connectivity index (χ0) is 13.2. The van der Waals surface area contributed by atoms with Crippen molar-refractivity contribution >= 4 is 0 Å². The second kappa shape index (κ2) is 5.41. The summed E-state index contributed by atoms with van der Waals surface area (Å²) in [4.78, 5) is 2.41. The predicted molar refractivity (Wildman–Crippen MR) is 77.4 cm³/mol. The highest BCUT2D eigenvalue weighted by atomic mass is 15.1. The zero-order valence-corrected chi connectivity index (χ0v) is 11.9. The van der Waals surface area contributed by atoms with Crippen molar-refractivity contribution in [2.45, 2.75) is 45.7 Å². The van der Waals surface area contributed by atoms with Gasteiger partial charge in [0.05, 0.1) is 0 Å². The van der Waals surface area contributed by atoms with Crippen molar-refractivity contribution in [3.05, 3.63) is 35.4 Å². The summed E-state index contributed by atoms with van der Waals surface area (Å²) in [7, 11) is 2.20. The van der Waals surface area contributed by atoms with E-state index < -0.39 is 0 Å². The van der Waals surface area contributed by atoms with Gasteiger partial charge in [-0.05, 0) is 37.8 Å². The second-order valence-electron chi connectivity index (χ2n) is 6.31. The molecule has 0 heterocycles. The van der Waals surface area contributed by atoms with Crippen molar-refractivity contribution in [2.75, 3.05) is 13.6 Å². The Hall–Kier alpha value is -0.860. The molecule has 1 aliphatic rings. The molecule has 1 aromatic carbocycles. The standard InChI is InChI=1S/C16H26N2/c1-13-6-8-14(9-7-13)11-18(3)12-16(2)10-4-5-15(16)17/h6-9,15H,4-5,10-12,17H2,1-3H3.